The molecule has 21 heavy (non-hydrogen) atoms. The van der Waals surface area contributed by atoms with Crippen LogP contribution in [0.25, 0.3) is 22.2 Å². The summed E-state index contributed by atoms with van der Waals surface area (Å²) in [4.78, 5) is 18.4. The molecular formula is C14H16N6O. The number of nitrogens with zero attached hydrogens (tertiary/aromatic N) is 3. The number of nitrogens with two attached hydrogens (primary N) is 2. The highest BCUT2D eigenvalue weighted by Crippen LogP contribution is 2.33. The second-order valence-electron chi connectivity index (χ2n) is 5.00. The molecule has 0 fully saturated rings. The molecule has 108 valence electrons. The molecule has 0 unspecified atom stereocenters. The van der Waals surface area contributed by atoms with Gasteiger partial charge in [-0.2, -0.15) is 5.10 Å². The maximum Gasteiger partial charge on any atom is 0.239 e. The molecule has 7 nitrogen and oxygen atoms in total. The van der Waals surface area contributed by atoms with Crippen molar-refractivity contribution < 1.29 is 4.79 Å². The first-order valence-corrected chi connectivity index (χ1v) is 6.53. The average Bonchev–Trinajstić information content (AvgIpc) is 2.94. The number of pyridine rings is 1. The Morgan fingerprint density at radius 1 is 1.43 bits per heavy atom. The minimum absolute atomic E-state index is 0.0590. The van der Waals surface area contributed by atoms with Crippen molar-refractivity contribution in [2.75, 3.05) is 5.73 Å². The highest BCUT2D eigenvalue weighted by Gasteiger charge is 2.18. The maximum atomic E-state index is 11.1. The second-order valence-corrected chi connectivity index (χ2v) is 5.00. The van der Waals surface area contributed by atoms with Crippen LogP contribution in [-0.4, -0.2) is 25.7 Å². The van der Waals surface area contributed by atoms with E-state index in [4.69, 9.17) is 11.5 Å². The van der Waals surface area contributed by atoms with Gasteiger partial charge in [-0.25, -0.2) is 4.98 Å². The lowest BCUT2D eigenvalue weighted by Crippen LogP contribution is -2.20. The van der Waals surface area contributed by atoms with Crippen LogP contribution in [0.4, 0.5) is 5.82 Å². The van der Waals surface area contributed by atoms with Gasteiger partial charge in [-0.05, 0) is 31.5 Å². The molecule has 0 bridgehead atoms. The largest absolute Gasteiger partial charge is 0.384 e. The summed E-state index contributed by atoms with van der Waals surface area (Å²) < 4.78 is 1.61. The van der Waals surface area contributed by atoms with Crippen molar-refractivity contribution >= 4 is 22.8 Å². The molecule has 0 radical (unpaired) electrons. The van der Waals surface area contributed by atoms with Gasteiger partial charge in [0.2, 0.25) is 5.91 Å². The van der Waals surface area contributed by atoms with Gasteiger partial charge < -0.3 is 16.5 Å². The summed E-state index contributed by atoms with van der Waals surface area (Å²) in [5.74, 6) is 0.00887. The van der Waals surface area contributed by atoms with Crippen LogP contribution in [0.1, 0.15) is 11.4 Å². The first-order valence-electron chi connectivity index (χ1n) is 6.53. The maximum absolute atomic E-state index is 11.1. The molecule has 0 aliphatic heterocycles. The molecule has 0 aliphatic rings. The molecule has 0 aliphatic carbocycles. The molecule has 0 spiro atoms. The third-order valence-electron chi connectivity index (χ3n) is 3.50. The Morgan fingerprint density at radius 2 is 2.19 bits per heavy atom. The molecule has 0 saturated carbocycles. The zero-order chi connectivity index (χ0) is 15.1. The summed E-state index contributed by atoms with van der Waals surface area (Å²) in [6.07, 6.45) is 1.82. The summed E-state index contributed by atoms with van der Waals surface area (Å²) in [6, 6.07) is 3.77. The van der Waals surface area contributed by atoms with E-state index in [9.17, 15) is 4.79 Å². The van der Waals surface area contributed by atoms with Crippen LogP contribution in [-0.2, 0) is 11.3 Å². The van der Waals surface area contributed by atoms with Gasteiger partial charge in [0.1, 0.15) is 18.0 Å². The predicted octanol–water partition coefficient (Wildman–Crippen LogP) is 1.11. The van der Waals surface area contributed by atoms with Crippen LogP contribution in [0.3, 0.4) is 0 Å². The zero-order valence-corrected chi connectivity index (χ0v) is 11.8. The average molecular weight is 284 g/mol. The van der Waals surface area contributed by atoms with Crippen LogP contribution in [0.5, 0.6) is 0 Å². The summed E-state index contributed by atoms with van der Waals surface area (Å²) in [6.45, 7) is 3.87. The standard InChI is InChI=1S/C14H16N6O/c1-7-13(8(2)20(19-7)6-12(16)21)10-5-11(15)18-14-9(10)3-4-17-14/h3-5H,6H2,1-2H3,(H2,16,21)(H3,15,17,18). The number of hydrogen-bond acceptors (Lipinski definition) is 4. The van der Waals surface area contributed by atoms with Crippen molar-refractivity contribution in [1.82, 2.24) is 19.7 Å². The Morgan fingerprint density at radius 3 is 2.90 bits per heavy atom. The van der Waals surface area contributed by atoms with E-state index in [-0.39, 0.29) is 6.54 Å². The first-order chi connectivity index (χ1) is 9.97. The molecule has 3 aromatic rings. The monoisotopic (exact) mass is 284 g/mol. The molecule has 0 aromatic carbocycles. The summed E-state index contributed by atoms with van der Waals surface area (Å²) >= 11 is 0. The fourth-order valence-corrected chi connectivity index (χ4v) is 2.65. The van der Waals surface area contributed by atoms with Crippen molar-refractivity contribution in [1.29, 1.82) is 0 Å². The number of nitrogens with one attached hydrogen (secondary N) is 1. The number of primary amides is 1. The number of nitrogen functional groups attached to an aromatic ring is 1. The van der Waals surface area contributed by atoms with E-state index >= 15 is 0 Å². The molecule has 3 heterocycles. The van der Waals surface area contributed by atoms with Crippen LogP contribution in [0, 0.1) is 13.8 Å². The summed E-state index contributed by atoms with van der Waals surface area (Å²) in [7, 11) is 0. The third kappa shape index (κ3) is 2.12. The number of rotatable bonds is 3. The van der Waals surface area contributed by atoms with Gasteiger partial charge >= 0.3 is 0 Å². The van der Waals surface area contributed by atoms with Crippen LogP contribution in [0.15, 0.2) is 18.3 Å². The number of fused-ring (bicyclic) bond motifs is 1. The van der Waals surface area contributed by atoms with Gasteiger partial charge in [-0.15, -0.1) is 0 Å². The zero-order valence-electron chi connectivity index (χ0n) is 11.8. The van der Waals surface area contributed by atoms with Gasteiger partial charge in [-0.3, -0.25) is 9.48 Å². The van der Waals surface area contributed by atoms with Crippen molar-refractivity contribution in [3.8, 4) is 11.1 Å². The summed E-state index contributed by atoms with van der Waals surface area (Å²) in [5.41, 5.74) is 15.5. The number of hydrogen-bond donors (Lipinski definition) is 3. The molecule has 3 rings (SSSR count). The number of H-pyrrole nitrogens is 1. The Balaban J connectivity index is 2.25. The van der Waals surface area contributed by atoms with Crippen molar-refractivity contribution in [3.05, 3.63) is 29.7 Å². The van der Waals surface area contributed by atoms with E-state index in [1.54, 1.807) is 4.68 Å². The van der Waals surface area contributed by atoms with Crippen LogP contribution >= 0.6 is 0 Å². The number of aryl methyl sites for hydroxylation is 1. The highest BCUT2D eigenvalue weighted by molar-refractivity contribution is 5.95. The molecule has 0 atom stereocenters. The normalized spacial score (nSPS) is 11.1. The highest BCUT2D eigenvalue weighted by atomic mass is 16.1. The second kappa shape index (κ2) is 4.62. The Kier molecular flexibility index (Phi) is 2.90. The van der Waals surface area contributed by atoms with Crippen molar-refractivity contribution in [2.24, 2.45) is 5.73 Å². The fraction of sp³-hybridized carbons (Fsp3) is 0.214. The third-order valence-corrected chi connectivity index (χ3v) is 3.50. The van der Waals surface area contributed by atoms with E-state index in [0.29, 0.717) is 5.82 Å². The van der Waals surface area contributed by atoms with E-state index in [2.05, 4.69) is 15.1 Å². The van der Waals surface area contributed by atoms with Crippen LogP contribution < -0.4 is 11.5 Å². The fourth-order valence-electron chi connectivity index (χ4n) is 2.65. The molecular weight excluding hydrogens is 268 g/mol. The minimum atomic E-state index is -0.423. The molecule has 5 N–H and O–H groups in total. The van der Waals surface area contributed by atoms with Gasteiger partial charge in [0.15, 0.2) is 0 Å². The van der Waals surface area contributed by atoms with Gasteiger partial charge in [0.25, 0.3) is 0 Å². The van der Waals surface area contributed by atoms with Crippen LogP contribution in [0.2, 0.25) is 0 Å². The number of carbonyl (C=O) groups excluding carboxylic acids is 1. The van der Waals surface area contributed by atoms with Gasteiger partial charge in [0, 0.05) is 22.8 Å². The number of carbonyl (C=O) groups is 1. The lowest BCUT2D eigenvalue weighted by Gasteiger charge is -2.06. The lowest BCUT2D eigenvalue weighted by molar-refractivity contribution is -0.118. The molecule has 1 amide bonds. The van der Waals surface area contributed by atoms with Crippen molar-refractivity contribution in [3.63, 3.8) is 0 Å². The topological polar surface area (TPSA) is 116 Å². The number of aromatic amines is 1. The quantitative estimate of drug-likeness (QED) is 0.668. The Bertz CT molecular complexity index is 845. The minimum Gasteiger partial charge on any atom is -0.384 e. The smallest absolute Gasteiger partial charge is 0.239 e. The van der Waals surface area contributed by atoms with Gasteiger partial charge in [-0.1, -0.05) is 0 Å². The predicted molar refractivity (Wildman–Crippen MR) is 80.4 cm³/mol. The first kappa shape index (κ1) is 13.2. The molecule has 0 saturated heterocycles. The lowest BCUT2D eigenvalue weighted by atomic mass is 10.0. The Hall–Kier alpha value is -2.83. The SMILES string of the molecule is Cc1nn(CC(N)=O)c(C)c1-c1cc(N)nc2[nH]ccc12. The number of amides is 1. The number of aromatic nitrogens is 4. The van der Waals surface area contributed by atoms with E-state index < -0.39 is 5.91 Å². The van der Waals surface area contributed by atoms with E-state index in [1.165, 1.54) is 0 Å². The summed E-state index contributed by atoms with van der Waals surface area (Å²) in [5, 5.41) is 5.36. The van der Waals surface area contributed by atoms with Gasteiger partial charge in [0.05, 0.1) is 5.69 Å². The van der Waals surface area contributed by atoms with Crippen molar-refractivity contribution in [2.45, 2.75) is 20.4 Å². The molecule has 3 aromatic heterocycles. The van der Waals surface area contributed by atoms with E-state index in [0.717, 1.165) is 33.5 Å². The number of anilines is 1. The van der Waals surface area contributed by atoms with E-state index in [1.807, 2.05) is 32.2 Å². The Labute approximate surface area is 121 Å². The molecule has 7 heteroatoms.